The first-order chi connectivity index (χ1) is 16.7. The minimum atomic E-state index is -1.14. The van der Waals surface area contributed by atoms with Crippen LogP contribution in [0.3, 0.4) is 0 Å². The number of carbonyl (C=O) groups excluding carboxylic acids is 1. The molecule has 2 aromatic rings. The van der Waals surface area contributed by atoms with E-state index >= 15 is 0 Å². The molecule has 0 fully saturated rings. The molecule has 0 aliphatic carbocycles. The van der Waals surface area contributed by atoms with E-state index in [0.29, 0.717) is 23.2 Å². The number of ether oxygens (including phenoxy) is 2. The Morgan fingerprint density at radius 2 is 1.69 bits per heavy atom. The molecule has 2 rings (SSSR count). The normalized spacial score (nSPS) is 13.2. The first-order valence-electron chi connectivity index (χ1n) is 11.2. The van der Waals surface area contributed by atoms with Crippen molar-refractivity contribution in [2.45, 2.75) is 59.1 Å². The summed E-state index contributed by atoms with van der Waals surface area (Å²) in [6, 6.07) is 6.32. The summed E-state index contributed by atoms with van der Waals surface area (Å²) < 4.78 is 15.9. The van der Waals surface area contributed by atoms with E-state index in [0.717, 1.165) is 30.7 Å². The third-order valence-corrected chi connectivity index (χ3v) is 10.9. The second-order valence-corrected chi connectivity index (χ2v) is 15.6. The SMILES string of the molecule is CCC(C)C[I-]c1cc(Oc2c(I)cc(CC(NC(=O)OC(C)(C)C)C(=O)O)cc2I)cc(I)c1O. The Bertz CT molecular complexity index is 1080. The summed E-state index contributed by atoms with van der Waals surface area (Å²) in [6.07, 6.45) is 0.447. The number of hydrogen-bond donors (Lipinski definition) is 3. The van der Waals surface area contributed by atoms with E-state index in [9.17, 15) is 19.8 Å². The van der Waals surface area contributed by atoms with Crippen molar-refractivity contribution in [2.75, 3.05) is 4.43 Å². The summed E-state index contributed by atoms with van der Waals surface area (Å²) >= 11 is 6.12. The summed E-state index contributed by atoms with van der Waals surface area (Å²) in [5.74, 6) is 1.15. The molecule has 0 aromatic heterocycles. The Kier molecular flexibility index (Phi) is 12.6. The van der Waals surface area contributed by atoms with Crippen LogP contribution in [-0.4, -0.2) is 38.3 Å². The van der Waals surface area contributed by atoms with Gasteiger partial charge in [-0.1, -0.05) is 0 Å². The van der Waals surface area contributed by atoms with Crippen LogP contribution in [-0.2, 0) is 16.0 Å². The van der Waals surface area contributed by atoms with E-state index in [-0.39, 0.29) is 27.6 Å². The van der Waals surface area contributed by atoms with Crippen molar-refractivity contribution < 1.29 is 50.5 Å². The van der Waals surface area contributed by atoms with Crippen LogP contribution in [0.2, 0.25) is 0 Å². The van der Waals surface area contributed by atoms with Gasteiger partial charge in [0.15, 0.2) is 0 Å². The van der Waals surface area contributed by atoms with Crippen molar-refractivity contribution in [1.29, 1.82) is 0 Å². The van der Waals surface area contributed by atoms with Gasteiger partial charge in [-0.3, -0.25) is 0 Å². The van der Waals surface area contributed by atoms with Crippen LogP contribution in [0.25, 0.3) is 0 Å². The number of amides is 1. The van der Waals surface area contributed by atoms with Gasteiger partial charge < -0.3 is 4.74 Å². The fourth-order valence-corrected chi connectivity index (χ4v) is 9.12. The molecule has 2 unspecified atom stereocenters. The number of carboxylic acids is 1. The van der Waals surface area contributed by atoms with E-state index in [1.807, 2.05) is 24.3 Å². The Morgan fingerprint density at radius 3 is 2.22 bits per heavy atom. The van der Waals surface area contributed by atoms with Crippen LogP contribution >= 0.6 is 67.8 Å². The predicted octanol–water partition coefficient (Wildman–Crippen LogP) is 3.82. The molecule has 2 atom stereocenters. The van der Waals surface area contributed by atoms with Gasteiger partial charge in [0, 0.05) is 0 Å². The predicted molar refractivity (Wildman–Crippen MR) is 160 cm³/mol. The minimum absolute atomic E-state index is 0.0994. The number of rotatable bonds is 10. The molecule has 2 aromatic carbocycles. The van der Waals surface area contributed by atoms with Crippen molar-refractivity contribution in [2.24, 2.45) is 5.92 Å². The number of nitrogens with one attached hydrogen (secondary N) is 1. The Hall–Kier alpha value is -0.300. The first kappa shape index (κ1) is 31.9. The zero-order valence-corrected chi connectivity index (χ0v) is 29.3. The fourth-order valence-electron chi connectivity index (χ4n) is 2.86. The maximum absolute atomic E-state index is 12.1. The van der Waals surface area contributed by atoms with Gasteiger partial charge in [-0.05, 0) is 20.8 Å². The van der Waals surface area contributed by atoms with E-state index in [1.165, 1.54) is 0 Å². The molecule has 0 bridgehead atoms. The number of halogens is 4. The monoisotopic (exact) mass is 948 g/mol. The molecule has 3 N–H and O–H groups in total. The average molecular weight is 948 g/mol. The van der Waals surface area contributed by atoms with Crippen molar-refractivity contribution in [3.8, 4) is 17.2 Å². The van der Waals surface area contributed by atoms with E-state index in [2.05, 4.69) is 86.9 Å². The Labute approximate surface area is 263 Å². The number of alkyl carbamates (subject to hydrolysis) is 1. The third-order valence-electron chi connectivity index (χ3n) is 4.88. The number of phenols is 1. The van der Waals surface area contributed by atoms with Gasteiger partial charge in [0.2, 0.25) is 0 Å². The van der Waals surface area contributed by atoms with Crippen LogP contribution in [0.4, 0.5) is 4.79 Å². The molecule has 7 nitrogen and oxygen atoms in total. The van der Waals surface area contributed by atoms with Crippen LogP contribution in [0.5, 0.6) is 17.2 Å². The first-order valence-corrected chi connectivity index (χ1v) is 17.0. The summed E-state index contributed by atoms with van der Waals surface area (Å²) in [6.45, 7) is 9.57. The van der Waals surface area contributed by atoms with E-state index < -0.39 is 23.7 Å². The van der Waals surface area contributed by atoms with E-state index in [4.69, 9.17) is 9.47 Å². The molecule has 0 heterocycles. The zero-order valence-electron chi connectivity index (χ0n) is 20.6. The zero-order chi connectivity index (χ0) is 27.2. The number of aromatic hydroxyl groups is 1. The molecule has 0 saturated carbocycles. The number of carboxylic acid groups (broad SMARTS) is 1. The molecule has 36 heavy (non-hydrogen) atoms. The standard InChI is InChI=1S/C25H30I4NO6/c1-6-13(2)12-29-19-11-15(10-16(26)21(19)31)35-22-17(27)7-14(8-18(22)28)9-20(23(32)33)30-24(34)36-25(3,4)5/h7-8,10-11,13,20,31H,6,9,12H2,1-5H3,(H,30,34)(H,32,33)/q-1. The molecule has 0 spiro atoms. The third kappa shape index (κ3) is 10.1. The van der Waals surface area contributed by atoms with Gasteiger partial charge >= 0.3 is 231 Å². The summed E-state index contributed by atoms with van der Waals surface area (Å²) in [5.41, 5.74) is 0.0268. The van der Waals surface area contributed by atoms with Crippen molar-refractivity contribution in [3.63, 3.8) is 0 Å². The van der Waals surface area contributed by atoms with E-state index in [1.54, 1.807) is 20.8 Å². The number of aliphatic carboxylic acids is 1. The number of hydrogen-bond acceptors (Lipinski definition) is 5. The average Bonchev–Trinajstić information content (AvgIpc) is 2.75. The van der Waals surface area contributed by atoms with Crippen LogP contribution in [0, 0.1) is 20.2 Å². The fraction of sp³-hybridized carbons (Fsp3) is 0.440. The van der Waals surface area contributed by atoms with Crippen molar-refractivity contribution >= 4 is 79.8 Å². The molecular weight excluding hydrogens is 918 g/mol. The van der Waals surface area contributed by atoms with Gasteiger partial charge in [0.05, 0.1) is 0 Å². The molecule has 0 radical (unpaired) electrons. The number of alkyl halides is 1. The quantitative estimate of drug-likeness (QED) is 0.248. The number of phenolic OH excluding ortho intramolecular Hbond substituents is 1. The van der Waals surface area contributed by atoms with Crippen molar-refractivity contribution in [1.82, 2.24) is 5.32 Å². The van der Waals surface area contributed by atoms with Crippen LogP contribution in [0.15, 0.2) is 24.3 Å². The number of carbonyl (C=O) groups is 2. The molecule has 0 aliphatic rings. The molecule has 1 amide bonds. The Balaban J connectivity index is 2.23. The van der Waals surface area contributed by atoms with Gasteiger partial charge in [-0.2, -0.15) is 0 Å². The molecule has 200 valence electrons. The van der Waals surface area contributed by atoms with Crippen LogP contribution in [0.1, 0.15) is 46.6 Å². The van der Waals surface area contributed by atoms with Crippen LogP contribution < -0.4 is 31.3 Å². The summed E-state index contributed by atoms with van der Waals surface area (Å²) in [7, 11) is 0. The summed E-state index contributed by atoms with van der Waals surface area (Å²) in [5, 5.41) is 22.6. The Morgan fingerprint density at radius 1 is 1.08 bits per heavy atom. The second-order valence-electron chi connectivity index (χ2n) is 9.27. The number of benzene rings is 2. The maximum atomic E-state index is 12.1. The molecule has 0 aliphatic heterocycles. The van der Waals surface area contributed by atoms with Gasteiger partial charge in [-0.15, -0.1) is 0 Å². The van der Waals surface area contributed by atoms with Gasteiger partial charge in [0.1, 0.15) is 5.60 Å². The van der Waals surface area contributed by atoms with Gasteiger partial charge in [0.25, 0.3) is 0 Å². The topological polar surface area (TPSA) is 105 Å². The van der Waals surface area contributed by atoms with Gasteiger partial charge in [-0.25, -0.2) is 4.79 Å². The molecular formula is C25H30I4NO6-. The second kappa shape index (κ2) is 14.2. The van der Waals surface area contributed by atoms with Crippen molar-refractivity contribution in [3.05, 3.63) is 44.1 Å². The summed E-state index contributed by atoms with van der Waals surface area (Å²) in [4.78, 5) is 23.9. The molecule has 11 heteroatoms. The molecule has 0 saturated heterocycles.